The first kappa shape index (κ1) is 20.1. The highest BCUT2D eigenvalue weighted by atomic mass is 19.1. The molecule has 0 aliphatic rings. The molecule has 0 aliphatic carbocycles. The summed E-state index contributed by atoms with van der Waals surface area (Å²) >= 11 is 0. The molecule has 2 N–H and O–H groups in total. The Morgan fingerprint density at radius 3 is 2.66 bits per heavy atom. The van der Waals surface area contributed by atoms with Gasteiger partial charge in [0.05, 0.1) is 11.9 Å². The molecule has 7 nitrogen and oxygen atoms in total. The Hall–Kier alpha value is -3.68. The van der Waals surface area contributed by atoms with E-state index >= 15 is 0 Å². The lowest BCUT2D eigenvalue weighted by atomic mass is 10.3. The maximum atomic E-state index is 13.3. The van der Waals surface area contributed by atoms with Gasteiger partial charge in [0.1, 0.15) is 11.6 Å². The molecule has 0 spiro atoms. The molecule has 8 heteroatoms. The summed E-state index contributed by atoms with van der Waals surface area (Å²) in [5.41, 5.74) is 2.05. The Kier molecular flexibility index (Phi) is 6.57. The van der Waals surface area contributed by atoms with Gasteiger partial charge in [-0.15, -0.1) is 0 Å². The third-order valence-electron chi connectivity index (χ3n) is 4.03. The van der Waals surface area contributed by atoms with Crippen LogP contribution in [0, 0.1) is 5.82 Å². The Balaban J connectivity index is 1.45. The highest BCUT2D eigenvalue weighted by molar-refractivity contribution is 5.90. The van der Waals surface area contributed by atoms with Crippen molar-refractivity contribution in [2.45, 2.75) is 19.9 Å². The molecule has 0 atom stereocenters. The van der Waals surface area contributed by atoms with Gasteiger partial charge in [-0.1, -0.05) is 13.0 Å². The summed E-state index contributed by atoms with van der Waals surface area (Å²) in [6.45, 7) is 1.91. The van der Waals surface area contributed by atoms with Crippen molar-refractivity contribution in [3.8, 4) is 11.4 Å². The van der Waals surface area contributed by atoms with Gasteiger partial charge < -0.3 is 15.4 Å². The molecule has 150 valence electrons. The molecular weight excluding hydrogens is 375 g/mol. The lowest BCUT2D eigenvalue weighted by Crippen LogP contribution is -2.28. The summed E-state index contributed by atoms with van der Waals surface area (Å²) in [5, 5.41) is 9.65. The van der Waals surface area contributed by atoms with Gasteiger partial charge in [-0.25, -0.2) is 9.07 Å². The highest BCUT2D eigenvalue weighted by Crippen LogP contribution is 2.16. The first-order chi connectivity index (χ1) is 14.0. The number of carbonyl (C=O) groups excluding carboxylic acids is 2. The van der Waals surface area contributed by atoms with Crippen LogP contribution in [0.5, 0.6) is 5.75 Å². The number of benzene rings is 2. The van der Waals surface area contributed by atoms with Crippen LogP contribution in [0.1, 0.15) is 18.9 Å². The van der Waals surface area contributed by atoms with Crippen LogP contribution >= 0.6 is 0 Å². The van der Waals surface area contributed by atoms with Gasteiger partial charge in [-0.2, -0.15) is 5.10 Å². The quantitative estimate of drug-likeness (QED) is 0.613. The number of halogens is 1. The number of hydrogen-bond donors (Lipinski definition) is 2. The summed E-state index contributed by atoms with van der Waals surface area (Å²) in [6, 6.07) is 12.9. The predicted octanol–water partition coefficient (Wildman–Crippen LogP) is 3.06. The van der Waals surface area contributed by atoms with Crippen molar-refractivity contribution in [3.63, 3.8) is 0 Å². The van der Waals surface area contributed by atoms with Crippen LogP contribution in [0.15, 0.2) is 60.9 Å². The number of nitrogens with zero attached hydrogens (tertiary/aromatic N) is 2. The molecule has 0 bridgehead atoms. The van der Waals surface area contributed by atoms with Gasteiger partial charge >= 0.3 is 0 Å². The van der Waals surface area contributed by atoms with Crippen LogP contribution in [0.3, 0.4) is 0 Å². The maximum Gasteiger partial charge on any atom is 0.258 e. The first-order valence-electron chi connectivity index (χ1n) is 9.12. The Labute approximate surface area is 167 Å². The molecule has 3 aromatic rings. The van der Waals surface area contributed by atoms with E-state index in [4.69, 9.17) is 4.74 Å². The predicted molar refractivity (Wildman–Crippen MR) is 106 cm³/mol. The molecule has 0 radical (unpaired) electrons. The van der Waals surface area contributed by atoms with E-state index in [1.807, 2.05) is 0 Å². The molecule has 0 unspecified atom stereocenters. The Morgan fingerprint density at radius 2 is 1.93 bits per heavy atom. The van der Waals surface area contributed by atoms with Crippen LogP contribution in [0.4, 0.5) is 10.1 Å². The summed E-state index contributed by atoms with van der Waals surface area (Å²) in [6.07, 6.45) is 3.73. The van der Waals surface area contributed by atoms with E-state index in [1.165, 1.54) is 12.1 Å². The van der Waals surface area contributed by atoms with Crippen LogP contribution in [0.25, 0.3) is 5.69 Å². The number of nitrogens with one attached hydrogen (secondary N) is 2. The number of hydrogen-bond acceptors (Lipinski definition) is 4. The van der Waals surface area contributed by atoms with Gasteiger partial charge in [-0.3, -0.25) is 9.59 Å². The second-order valence-electron chi connectivity index (χ2n) is 6.26. The van der Waals surface area contributed by atoms with Gasteiger partial charge in [0.25, 0.3) is 5.91 Å². The number of carbonyl (C=O) groups is 2. The third kappa shape index (κ3) is 5.90. The summed E-state index contributed by atoms with van der Waals surface area (Å²) in [7, 11) is 0. The topological polar surface area (TPSA) is 85.2 Å². The normalized spacial score (nSPS) is 10.4. The van der Waals surface area contributed by atoms with Crippen LogP contribution in [0.2, 0.25) is 0 Å². The molecular formula is C21H21FN4O3. The van der Waals surface area contributed by atoms with Crippen molar-refractivity contribution >= 4 is 17.5 Å². The standard InChI is InChI=1S/C21H21FN4O3/c1-2-20(27)25-17-6-8-19(9-7-17)29-14-21(28)23-11-15-12-24-26(13-15)18-5-3-4-16(22)10-18/h3-10,12-13H,2,11,14H2,1H3,(H,23,28)(H,25,27). The molecule has 0 fully saturated rings. The maximum absolute atomic E-state index is 13.3. The van der Waals surface area contributed by atoms with Gasteiger partial charge in [0, 0.05) is 30.4 Å². The fourth-order valence-corrected chi connectivity index (χ4v) is 2.50. The van der Waals surface area contributed by atoms with Crippen LogP contribution < -0.4 is 15.4 Å². The van der Waals surface area contributed by atoms with Crippen molar-refractivity contribution in [3.05, 3.63) is 72.3 Å². The minimum absolute atomic E-state index is 0.0706. The second kappa shape index (κ2) is 9.50. The largest absolute Gasteiger partial charge is 0.484 e. The summed E-state index contributed by atoms with van der Waals surface area (Å²) in [5.74, 6) is -0.176. The molecule has 1 aromatic heterocycles. The van der Waals surface area contributed by atoms with E-state index in [0.717, 1.165) is 5.56 Å². The zero-order chi connectivity index (χ0) is 20.6. The van der Waals surface area contributed by atoms with Crippen molar-refractivity contribution in [1.29, 1.82) is 0 Å². The third-order valence-corrected chi connectivity index (χ3v) is 4.03. The fraction of sp³-hybridized carbons (Fsp3) is 0.190. The van der Waals surface area contributed by atoms with Crippen LogP contribution in [-0.4, -0.2) is 28.2 Å². The molecule has 0 saturated carbocycles. The minimum Gasteiger partial charge on any atom is -0.484 e. The van der Waals surface area contributed by atoms with Crippen molar-refractivity contribution in [2.75, 3.05) is 11.9 Å². The van der Waals surface area contributed by atoms with Crippen molar-refractivity contribution < 1.29 is 18.7 Å². The monoisotopic (exact) mass is 396 g/mol. The Morgan fingerprint density at radius 1 is 1.14 bits per heavy atom. The van der Waals surface area contributed by atoms with Crippen LogP contribution in [-0.2, 0) is 16.1 Å². The number of anilines is 1. The van der Waals surface area contributed by atoms with Crippen molar-refractivity contribution in [2.24, 2.45) is 0 Å². The molecule has 29 heavy (non-hydrogen) atoms. The average Bonchev–Trinajstić information content (AvgIpc) is 3.21. The van der Waals surface area contributed by atoms with Crippen molar-refractivity contribution in [1.82, 2.24) is 15.1 Å². The minimum atomic E-state index is -0.342. The van der Waals surface area contributed by atoms with E-state index in [9.17, 15) is 14.0 Å². The molecule has 2 amide bonds. The van der Waals surface area contributed by atoms with E-state index in [0.29, 0.717) is 23.5 Å². The van der Waals surface area contributed by atoms with Gasteiger partial charge in [-0.05, 0) is 42.5 Å². The summed E-state index contributed by atoms with van der Waals surface area (Å²) in [4.78, 5) is 23.3. The lowest BCUT2D eigenvalue weighted by molar-refractivity contribution is -0.123. The first-order valence-corrected chi connectivity index (χ1v) is 9.12. The molecule has 0 saturated heterocycles. The van der Waals surface area contributed by atoms with E-state index in [2.05, 4.69) is 15.7 Å². The molecule has 1 heterocycles. The van der Waals surface area contributed by atoms with E-state index in [-0.39, 0.29) is 30.8 Å². The molecule has 2 aromatic carbocycles. The number of rotatable bonds is 8. The van der Waals surface area contributed by atoms with Gasteiger partial charge in [0.2, 0.25) is 5.91 Å². The molecule has 3 rings (SSSR count). The molecule has 0 aliphatic heterocycles. The lowest BCUT2D eigenvalue weighted by Gasteiger charge is -2.08. The smallest absolute Gasteiger partial charge is 0.258 e. The SMILES string of the molecule is CCC(=O)Nc1ccc(OCC(=O)NCc2cnn(-c3cccc(F)c3)c2)cc1. The second-order valence-corrected chi connectivity index (χ2v) is 6.26. The number of amides is 2. The number of ether oxygens (including phenoxy) is 1. The fourth-order valence-electron chi connectivity index (χ4n) is 2.50. The number of aromatic nitrogens is 2. The highest BCUT2D eigenvalue weighted by Gasteiger charge is 2.06. The Bertz CT molecular complexity index is 986. The zero-order valence-electron chi connectivity index (χ0n) is 15.9. The zero-order valence-corrected chi connectivity index (χ0v) is 15.9. The summed E-state index contributed by atoms with van der Waals surface area (Å²) < 4.78 is 20.3. The van der Waals surface area contributed by atoms with E-state index < -0.39 is 0 Å². The van der Waals surface area contributed by atoms with Gasteiger partial charge in [0.15, 0.2) is 6.61 Å². The van der Waals surface area contributed by atoms with E-state index in [1.54, 1.807) is 60.4 Å². The average molecular weight is 396 g/mol.